The van der Waals surface area contributed by atoms with Crippen molar-refractivity contribution in [2.75, 3.05) is 13.2 Å². The Morgan fingerprint density at radius 3 is 2.23 bits per heavy atom. The number of fused-ring (bicyclic) bond motifs is 1. The zero-order valence-electron chi connectivity index (χ0n) is 21.2. The van der Waals surface area contributed by atoms with Crippen molar-refractivity contribution in [3.63, 3.8) is 0 Å². The zero-order valence-corrected chi connectivity index (χ0v) is 21.2. The number of imidazole rings is 1. The summed E-state index contributed by atoms with van der Waals surface area (Å²) >= 11 is 0. The van der Waals surface area contributed by atoms with Crippen LogP contribution < -0.4 is 0 Å². The van der Waals surface area contributed by atoms with Crippen molar-refractivity contribution < 1.29 is 50.9 Å². The molecule has 40 heavy (non-hydrogen) atoms. The summed E-state index contributed by atoms with van der Waals surface area (Å²) in [6.45, 7) is 5.89. The molecule has 0 amide bonds. The van der Waals surface area contributed by atoms with Crippen LogP contribution >= 0.6 is 0 Å². The van der Waals surface area contributed by atoms with Crippen LogP contribution in [0.2, 0.25) is 0 Å². The summed E-state index contributed by atoms with van der Waals surface area (Å²) in [5.41, 5.74) is 4.46. The van der Waals surface area contributed by atoms with Crippen LogP contribution in [0.1, 0.15) is 28.8 Å². The van der Waals surface area contributed by atoms with Gasteiger partial charge in [-0.2, -0.15) is 31.4 Å². The van der Waals surface area contributed by atoms with Crippen LogP contribution in [-0.2, 0) is 41.1 Å². The smallest absolute Gasteiger partial charge is 0.475 e. The lowest BCUT2D eigenvalue weighted by atomic mass is 10.2. The maximum absolute atomic E-state index is 10.6. The Hall–Kier alpha value is -3.99. The molecule has 4 rings (SSSR count). The van der Waals surface area contributed by atoms with Gasteiger partial charge >= 0.3 is 24.3 Å². The van der Waals surface area contributed by atoms with Crippen molar-refractivity contribution in [3.8, 4) is 0 Å². The van der Waals surface area contributed by atoms with Gasteiger partial charge in [0.2, 0.25) is 0 Å². The van der Waals surface area contributed by atoms with Crippen LogP contribution in [0.15, 0.2) is 43.0 Å². The molecular weight excluding hydrogens is 554 g/mol. The number of rotatable bonds is 6. The Kier molecular flexibility index (Phi) is 11.2. The van der Waals surface area contributed by atoms with Gasteiger partial charge in [0.15, 0.2) is 0 Å². The van der Waals surface area contributed by atoms with E-state index < -0.39 is 24.3 Å². The Morgan fingerprint density at radius 1 is 1.10 bits per heavy atom. The highest BCUT2D eigenvalue weighted by molar-refractivity contribution is 5.73. The minimum Gasteiger partial charge on any atom is -0.475 e. The lowest BCUT2D eigenvalue weighted by Crippen LogP contribution is -2.38. The van der Waals surface area contributed by atoms with E-state index in [-0.39, 0.29) is 6.04 Å². The largest absolute Gasteiger partial charge is 0.490 e. The molecule has 4 heterocycles. The molecule has 17 heteroatoms. The van der Waals surface area contributed by atoms with Crippen LogP contribution in [0.3, 0.4) is 0 Å². The summed E-state index contributed by atoms with van der Waals surface area (Å²) in [6.07, 6.45) is -4.51. The van der Waals surface area contributed by atoms with Crippen molar-refractivity contribution in [2.24, 2.45) is 7.05 Å². The molecule has 0 saturated heterocycles. The fourth-order valence-electron chi connectivity index (χ4n) is 3.54. The maximum Gasteiger partial charge on any atom is 0.490 e. The molecule has 1 aliphatic rings. The fraction of sp³-hybridized carbons (Fsp3) is 0.435. The molecular formula is C23H26F6N6O5. The highest BCUT2D eigenvalue weighted by Crippen LogP contribution is 2.23. The standard InChI is InChI=1S/C19H24N6O.2C2HF3O2/c1-15-7-17(23(2)22-15)9-24-10-18-8-20-14-25(18)19(11-24)13-26-12-16-5-3-4-6-21-16;2*3-2(4,5)1(6)7/h3-8,14,19H,9-13H2,1-2H3;2*(H,6,7). The molecule has 0 bridgehead atoms. The van der Waals surface area contributed by atoms with E-state index in [4.69, 9.17) is 24.5 Å². The van der Waals surface area contributed by atoms with Crippen LogP contribution in [0.4, 0.5) is 26.3 Å². The van der Waals surface area contributed by atoms with Gasteiger partial charge in [-0.3, -0.25) is 14.6 Å². The van der Waals surface area contributed by atoms with Gasteiger partial charge in [-0.15, -0.1) is 0 Å². The van der Waals surface area contributed by atoms with Crippen LogP contribution in [0.5, 0.6) is 0 Å². The highest BCUT2D eigenvalue weighted by atomic mass is 19.4. The summed E-state index contributed by atoms with van der Waals surface area (Å²) < 4.78 is 73.6. The first-order valence-corrected chi connectivity index (χ1v) is 11.4. The number of alkyl halides is 6. The van der Waals surface area contributed by atoms with E-state index in [2.05, 4.69) is 30.6 Å². The Labute approximate surface area is 223 Å². The molecule has 0 spiro atoms. The molecule has 3 aromatic heterocycles. The summed E-state index contributed by atoms with van der Waals surface area (Å²) in [5.74, 6) is -5.51. The summed E-state index contributed by atoms with van der Waals surface area (Å²) in [7, 11) is 2.00. The average Bonchev–Trinajstić information content (AvgIpc) is 3.45. The zero-order chi connectivity index (χ0) is 30.1. The number of nitrogens with zero attached hydrogens (tertiary/aromatic N) is 6. The number of carboxylic acid groups (broad SMARTS) is 2. The van der Waals surface area contributed by atoms with Crippen molar-refractivity contribution in [1.29, 1.82) is 0 Å². The summed E-state index contributed by atoms with van der Waals surface area (Å²) in [6, 6.07) is 8.29. The molecule has 1 unspecified atom stereocenters. The number of aryl methyl sites for hydroxylation is 2. The monoisotopic (exact) mass is 580 g/mol. The number of aliphatic carboxylic acids is 2. The molecule has 0 saturated carbocycles. The Bertz CT molecular complexity index is 1220. The number of carbonyl (C=O) groups is 2. The maximum atomic E-state index is 10.6. The predicted octanol–water partition coefficient (Wildman–Crippen LogP) is 3.36. The number of carboxylic acids is 2. The highest BCUT2D eigenvalue weighted by Gasteiger charge is 2.38. The second-order valence-corrected chi connectivity index (χ2v) is 8.46. The van der Waals surface area contributed by atoms with Crippen LogP contribution in [0.25, 0.3) is 0 Å². The van der Waals surface area contributed by atoms with E-state index in [1.165, 1.54) is 11.4 Å². The normalized spacial score (nSPS) is 15.2. The van der Waals surface area contributed by atoms with E-state index >= 15 is 0 Å². The topological polar surface area (TPSA) is 136 Å². The number of aromatic nitrogens is 5. The first-order valence-electron chi connectivity index (χ1n) is 11.4. The lowest BCUT2D eigenvalue weighted by Gasteiger charge is -2.34. The van der Waals surface area contributed by atoms with Gasteiger partial charge in [0.05, 0.1) is 48.4 Å². The van der Waals surface area contributed by atoms with Gasteiger partial charge in [-0.1, -0.05) is 6.07 Å². The van der Waals surface area contributed by atoms with Gasteiger partial charge < -0.3 is 19.5 Å². The third-order valence-electron chi connectivity index (χ3n) is 5.25. The minimum atomic E-state index is -5.08. The van der Waals surface area contributed by atoms with E-state index in [0.717, 1.165) is 31.0 Å². The fourth-order valence-corrected chi connectivity index (χ4v) is 3.54. The molecule has 0 radical (unpaired) electrons. The van der Waals surface area contributed by atoms with Crippen molar-refractivity contribution in [1.82, 2.24) is 29.2 Å². The lowest BCUT2D eigenvalue weighted by molar-refractivity contribution is -0.193. The number of ether oxygens (including phenoxy) is 1. The molecule has 0 aliphatic carbocycles. The molecule has 3 aromatic rings. The van der Waals surface area contributed by atoms with Gasteiger partial charge in [-0.25, -0.2) is 14.6 Å². The number of hydrogen-bond acceptors (Lipinski definition) is 7. The minimum absolute atomic E-state index is 0.249. The number of hydrogen-bond donors (Lipinski definition) is 2. The molecule has 1 aliphatic heterocycles. The van der Waals surface area contributed by atoms with Crippen molar-refractivity contribution >= 4 is 11.9 Å². The third-order valence-corrected chi connectivity index (χ3v) is 5.25. The first kappa shape index (κ1) is 32.2. The number of halogens is 6. The van der Waals surface area contributed by atoms with Gasteiger partial charge in [0.25, 0.3) is 0 Å². The van der Waals surface area contributed by atoms with Crippen LogP contribution in [0, 0.1) is 6.92 Å². The first-order chi connectivity index (χ1) is 18.6. The molecule has 0 aromatic carbocycles. The van der Waals surface area contributed by atoms with Gasteiger partial charge in [-0.05, 0) is 25.1 Å². The van der Waals surface area contributed by atoms with Gasteiger partial charge in [0, 0.05) is 39.1 Å². The van der Waals surface area contributed by atoms with E-state index in [9.17, 15) is 26.3 Å². The summed E-state index contributed by atoms with van der Waals surface area (Å²) in [5, 5.41) is 18.7. The van der Waals surface area contributed by atoms with Crippen molar-refractivity contribution in [3.05, 3.63) is 65.8 Å². The van der Waals surface area contributed by atoms with E-state index in [0.29, 0.717) is 13.2 Å². The quantitative estimate of drug-likeness (QED) is 0.421. The molecule has 220 valence electrons. The van der Waals surface area contributed by atoms with E-state index in [1.54, 1.807) is 6.20 Å². The third kappa shape index (κ3) is 10.3. The number of pyridine rings is 1. The molecule has 1 atom stereocenters. The molecule has 2 N–H and O–H groups in total. The second-order valence-electron chi connectivity index (χ2n) is 8.46. The second kappa shape index (κ2) is 13.9. The van der Waals surface area contributed by atoms with E-state index in [1.807, 2.05) is 49.4 Å². The average molecular weight is 580 g/mol. The summed E-state index contributed by atoms with van der Waals surface area (Å²) in [4.78, 5) is 28.9. The molecule has 0 fully saturated rings. The van der Waals surface area contributed by atoms with Crippen molar-refractivity contribution in [2.45, 2.75) is 45.0 Å². The van der Waals surface area contributed by atoms with Crippen LogP contribution in [-0.4, -0.2) is 76.9 Å². The molecule has 11 nitrogen and oxygen atoms in total. The Morgan fingerprint density at radius 2 is 1.73 bits per heavy atom. The predicted molar refractivity (Wildman–Crippen MR) is 125 cm³/mol. The SMILES string of the molecule is Cc1cc(CN2Cc3cncn3C(COCc3ccccn3)C2)n(C)n1.O=C(O)C(F)(F)F.O=C(O)C(F)(F)F. The van der Waals surface area contributed by atoms with Gasteiger partial charge in [0.1, 0.15) is 0 Å². The Balaban J connectivity index is 0.000000333.